The van der Waals surface area contributed by atoms with Gasteiger partial charge in [-0.05, 0) is 6.08 Å². The standard InChI is InChI=1S/C15H23NO17S2.Na/c1-2-10(20)16-6(4-17)11(21)12(8(19)5-30-34(24,25)26)32-15-13(33-35(27,28)29)7(18)3-9(31-15)14(22)23;/h3-4,6-8,11-13,15,18-19,21H,2,5H2,1H3,(H,16,20)(H,22,23)(H,24,25,26)(H,27,28,29);. The van der Waals surface area contributed by atoms with Gasteiger partial charge in [0.15, 0.2) is 6.10 Å². The molecule has 0 saturated heterocycles. The van der Waals surface area contributed by atoms with E-state index >= 15 is 0 Å². The van der Waals surface area contributed by atoms with Crippen molar-refractivity contribution in [2.24, 2.45) is 0 Å². The largest absolute Gasteiger partial charge is 0.475 e. The molecule has 0 aromatic carbocycles. The molecule has 1 rings (SSSR count). The van der Waals surface area contributed by atoms with Crippen LogP contribution in [-0.4, -0.2) is 144 Å². The van der Waals surface area contributed by atoms with Gasteiger partial charge in [-0.25, -0.2) is 13.2 Å². The first kappa shape index (κ1) is 34.7. The molecule has 0 spiro atoms. The number of aliphatic hydroxyl groups is 3. The number of carbonyl (C=O) groups excluding carboxylic acids is 2. The van der Waals surface area contributed by atoms with Crippen molar-refractivity contribution >= 4 is 68.5 Å². The summed E-state index contributed by atoms with van der Waals surface area (Å²) in [6.07, 6.45) is -13.4. The van der Waals surface area contributed by atoms with E-state index in [0.29, 0.717) is 6.08 Å². The van der Waals surface area contributed by atoms with Gasteiger partial charge < -0.3 is 40.0 Å². The number of carboxylic acid groups (broad SMARTS) is 1. The third kappa shape index (κ3) is 11.4. The van der Waals surface area contributed by atoms with Crippen LogP contribution in [-0.2, 0) is 53.0 Å². The third-order valence-corrected chi connectivity index (χ3v) is 5.07. The van der Waals surface area contributed by atoms with E-state index in [9.17, 15) is 46.5 Å². The van der Waals surface area contributed by atoms with Crippen LogP contribution in [0.1, 0.15) is 13.3 Å². The summed E-state index contributed by atoms with van der Waals surface area (Å²) in [5, 5.41) is 42.0. The second kappa shape index (κ2) is 14.6. The van der Waals surface area contributed by atoms with Crippen LogP contribution < -0.4 is 5.32 Å². The number of nitrogens with one attached hydrogen (secondary N) is 1. The van der Waals surface area contributed by atoms with Crippen molar-refractivity contribution in [1.82, 2.24) is 5.32 Å². The first-order valence-corrected chi connectivity index (χ1v) is 12.1. The zero-order valence-electron chi connectivity index (χ0n) is 18.6. The molecular weight excluding hydrogens is 553 g/mol. The summed E-state index contributed by atoms with van der Waals surface area (Å²) in [7, 11) is -10.5. The Morgan fingerprint density at radius 1 is 1.19 bits per heavy atom. The number of aldehydes is 1. The van der Waals surface area contributed by atoms with Crippen LogP contribution >= 0.6 is 0 Å². The number of aliphatic hydroxyl groups excluding tert-OH is 3. The number of carboxylic acids is 1. The number of hydrogen-bond acceptors (Lipinski definition) is 14. The fourth-order valence-electron chi connectivity index (χ4n) is 2.61. The molecule has 1 amide bonds. The van der Waals surface area contributed by atoms with Crippen LogP contribution in [0, 0.1) is 0 Å². The Balaban J connectivity index is 0.0000122. The Morgan fingerprint density at radius 2 is 1.78 bits per heavy atom. The Bertz CT molecular complexity index is 1020. The molecule has 0 saturated carbocycles. The van der Waals surface area contributed by atoms with E-state index < -0.39 is 87.9 Å². The maximum absolute atomic E-state index is 11.6. The molecule has 0 bridgehead atoms. The zero-order chi connectivity index (χ0) is 27.1. The Kier molecular flexibility index (Phi) is 14.1. The quantitative estimate of drug-likeness (QED) is 0.0582. The molecule has 18 nitrogen and oxygen atoms in total. The van der Waals surface area contributed by atoms with Gasteiger partial charge in [0.2, 0.25) is 18.0 Å². The van der Waals surface area contributed by atoms with E-state index in [1.807, 2.05) is 5.32 Å². The van der Waals surface area contributed by atoms with E-state index in [-0.39, 0.29) is 42.3 Å². The topological polar surface area (TPSA) is 290 Å². The van der Waals surface area contributed by atoms with Crippen LogP contribution in [0.15, 0.2) is 11.8 Å². The molecule has 1 aliphatic rings. The van der Waals surface area contributed by atoms with Gasteiger partial charge in [0.05, 0.1) is 6.61 Å². The second-order valence-corrected chi connectivity index (χ2v) is 8.89. The van der Waals surface area contributed by atoms with E-state index in [1.165, 1.54) is 6.92 Å². The molecule has 0 aromatic rings. The molecule has 36 heavy (non-hydrogen) atoms. The summed E-state index contributed by atoms with van der Waals surface area (Å²) >= 11 is 0. The van der Waals surface area contributed by atoms with Crippen LogP contribution in [0.3, 0.4) is 0 Å². The van der Waals surface area contributed by atoms with E-state index in [2.05, 4.69) is 8.37 Å². The monoisotopic (exact) mass is 576 g/mol. The van der Waals surface area contributed by atoms with Crippen molar-refractivity contribution in [2.45, 2.75) is 56.2 Å². The normalized spacial score (nSPS) is 23.6. The summed E-state index contributed by atoms with van der Waals surface area (Å²) in [6.45, 7) is 0.0230. The minimum Gasteiger partial charge on any atom is -0.475 e. The Labute approximate surface area is 226 Å². The van der Waals surface area contributed by atoms with Gasteiger partial charge in [-0.2, -0.15) is 16.8 Å². The predicted molar refractivity (Wildman–Crippen MR) is 111 cm³/mol. The van der Waals surface area contributed by atoms with Crippen LogP contribution in [0.25, 0.3) is 0 Å². The fourth-order valence-corrected chi connectivity index (χ4v) is 3.41. The number of ether oxygens (including phenoxy) is 2. The molecule has 7 N–H and O–H groups in total. The van der Waals surface area contributed by atoms with Crippen molar-refractivity contribution < 1.29 is 78.6 Å². The fraction of sp³-hybridized carbons (Fsp3) is 0.667. The molecular formula is C15H23NNaO17S2. The molecule has 1 heterocycles. The number of rotatable bonds is 14. The minimum absolute atomic E-state index is 0. The van der Waals surface area contributed by atoms with Crippen LogP contribution in [0.4, 0.5) is 0 Å². The van der Waals surface area contributed by atoms with E-state index in [1.54, 1.807) is 0 Å². The Hall–Kier alpha value is -1.27. The van der Waals surface area contributed by atoms with Crippen molar-refractivity contribution in [3.05, 3.63) is 11.8 Å². The summed E-state index contributed by atoms with van der Waals surface area (Å²) in [6, 6.07) is -1.85. The average molecular weight is 576 g/mol. The summed E-state index contributed by atoms with van der Waals surface area (Å²) in [5.74, 6) is -3.63. The molecule has 1 aliphatic heterocycles. The van der Waals surface area contributed by atoms with Crippen molar-refractivity contribution in [2.75, 3.05) is 6.61 Å². The maximum Gasteiger partial charge on any atom is 0.397 e. The molecule has 1 radical (unpaired) electrons. The SMILES string of the molecule is CCC(=O)NC(C=O)C(O)C(OC1OC(C(=O)O)=CC(O)C1OS(=O)(=O)O)C(O)COS(=O)(=O)O.[Na]. The molecule has 7 unspecified atom stereocenters. The average Bonchev–Trinajstić information content (AvgIpc) is 2.73. The maximum atomic E-state index is 11.6. The molecule has 203 valence electrons. The first-order chi connectivity index (χ1) is 16.0. The van der Waals surface area contributed by atoms with Crippen molar-refractivity contribution in [1.29, 1.82) is 0 Å². The van der Waals surface area contributed by atoms with Gasteiger partial charge in [-0.15, -0.1) is 0 Å². The van der Waals surface area contributed by atoms with Gasteiger partial charge in [-0.1, -0.05) is 6.92 Å². The van der Waals surface area contributed by atoms with E-state index in [0.717, 1.165) is 0 Å². The van der Waals surface area contributed by atoms with Gasteiger partial charge >= 0.3 is 26.8 Å². The third-order valence-electron chi connectivity index (χ3n) is 4.17. The van der Waals surface area contributed by atoms with Crippen molar-refractivity contribution in [3.8, 4) is 0 Å². The Morgan fingerprint density at radius 3 is 2.22 bits per heavy atom. The van der Waals surface area contributed by atoms with Gasteiger partial charge in [-0.3, -0.25) is 13.9 Å². The summed E-state index contributed by atoms with van der Waals surface area (Å²) in [5.41, 5.74) is 0. The number of aliphatic carboxylic acids is 1. The van der Waals surface area contributed by atoms with Gasteiger partial charge in [0, 0.05) is 36.0 Å². The molecule has 0 fully saturated rings. The van der Waals surface area contributed by atoms with Crippen LogP contribution in [0.5, 0.6) is 0 Å². The minimum atomic E-state index is -5.35. The molecule has 0 aliphatic carbocycles. The van der Waals surface area contributed by atoms with Gasteiger partial charge in [0.25, 0.3) is 0 Å². The van der Waals surface area contributed by atoms with E-state index in [4.69, 9.17) is 23.7 Å². The number of carbonyl (C=O) groups is 3. The number of hydrogen-bond donors (Lipinski definition) is 7. The molecule has 21 heteroatoms. The number of amides is 1. The van der Waals surface area contributed by atoms with Crippen molar-refractivity contribution in [3.63, 3.8) is 0 Å². The second-order valence-electron chi connectivity index (χ2n) is 6.76. The predicted octanol–water partition coefficient (Wildman–Crippen LogP) is -4.50. The summed E-state index contributed by atoms with van der Waals surface area (Å²) in [4.78, 5) is 34.3. The zero-order valence-corrected chi connectivity index (χ0v) is 22.2. The summed E-state index contributed by atoms with van der Waals surface area (Å²) < 4.78 is 79.7. The molecule has 0 aromatic heterocycles. The molecule has 7 atom stereocenters. The first-order valence-electron chi connectivity index (χ1n) is 9.32. The van der Waals surface area contributed by atoms with Gasteiger partial charge in [0.1, 0.15) is 36.7 Å². The smallest absolute Gasteiger partial charge is 0.397 e. The van der Waals surface area contributed by atoms with Crippen LogP contribution in [0.2, 0.25) is 0 Å².